The predicted molar refractivity (Wildman–Crippen MR) is 100 cm³/mol. The van der Waals surface area contributed by atoms with Crippen LogP contribution in [0.3, 0.4) is 0 Å². The van der Waals surface area contributed by atoms with Crippen LogP contribution in [-0.4, -0.2) is 60.2 Å². The Morgan fingerprint density at radius 3 is 2.65 bits per heavy atom. The van der Waals surface area contributed by atoms with Crippen LogP contribution in [0.25, 0.3) is 0 Å². The smallest absolute Gasteiger partial charge is 0.324 e. The summed E-state index contributed by atoms with van der Waals surface area (Å²) in [4.78, 5) is 27.5. The molecule has 26 heavy (non-hydrogen) atoms. The van der Waals surface area contributed by atoms with Crippen LogP contribution in [0.1, 0.15) is 5.69 Å². The zero-order chi connectivity index (χ0) is 18.1. The monoisotopic (exact) mass is 373 g/mol. The molecular formula is C18H20ClN5O2. The molecule has 4 rings (SSSR count). The summed E-state index contributed by atoms with van der Waals surface area (Å²) in [6.45, 7) is 5.70. The largest absolute Gasteiger partial charge is 0.489 e. The molecule has 0 spiro atoms. The molecule has 0 atom stereocenters. The lowest BCUT2D eigenvalue weighted by Gasteiger charge is -2.39. The molecule has 0 aliphatic carbocycles. The highest BCUT2D eigenvalue weighted by Crippen LogP contribution is 2.34. The van der Waals surface area contributed by atoms with Crippen molar-refractivity contribution in [2.24, 2.45) is 0 Å². The van der Waals surface area contributed by atoms with Gasteiger partial charge in [-0.15, -0.1) is 0 Å². The number of rotatable bonds is 1. The van der Waals surface area contributed by atoms with E-state index in [-0.39, 0.29) is 6.03 Å². The number of ether oxygens (including phenoxy) is 1. The number of aromatic nitrogens is 2. The summed E-state index contributed by atoms with van der Waals surface area (Å²) in [5.41, 5.74) is 1.67. The standard InChI is InChI=1S/C18H20ClN5O2/c1-13-11-21-17(12-20-13)22-4-6-23(7-5-22)18(25)24-8-9-26-16-10-14(19)2-3-15(16)24/h2-3,10-12H,4-9H2,1H3. The van der Waals surface area contributed by atoms with Gasteiger partial charge in [-0.3, -0.25) is 9.88 Å². The second-order valence-corrected chi connectivity index (χ2v) is 6.82. The summed E-state index contributed by atoms with van der Waals surface area (Å²) in [6.07, 6.45) is 3.55. The SMILES string of the molecule is Cc1cnc(N2CCN(C(=O)N3CCOc4cc(Cl)ccc43)CC2)cn1. The van der Waals surface area contributed by atoms with Gasteiger partial charge in [-0.2, -0.15) is 0 Å². The van der Waals surface area contributed by atoms with E-state index in [1.165, 1.54) is 0 Å². The second kappa shape index (κ2) is 6.99. The van der Waals surface area contributed by atoms with Gasteiger partial charge in [0.1, 0.15) is 18.2 Å². The maximum atomic E-state index is 13.0. The average molecular weight is 374 g/mol. The normalized spacial score (nSPS) is 16.9. The van der Waals surface area contributed by atoms with Crippen LogP contribution in [0.5, 0.6) is 5.75 Å². The van der Waals surface area contributed by atoms with Gasteiger partial charge in [0, 0.05) is 37.3 Å². The molecular weight excluding hydrogens is 354 g/mol. The van der Waals surface area contributed by atoms with Gasteiger partial charge in [-0.05, 0) is 19.1 Å². The van der Waals surface area contributed by atoms with Gasteiger partial charge in [0.05, 0.1) is 30.3 Å². The number of fused-ring (bicyclic) bond motifs is 1. The van der Waals surface area contributed by atoms with Crippen LogP contribution in [0.2, 0.25) is 5.02 Å². The van der Waals surface area contributed by atoms with E-state index in [2.05, 4.69) is 14.9 Å². The Kier molecular flexibility index (Phi) is 4.55. The molecule has 2 aromatic rings. The first-order chi connectivity index (χ1) is 12.6. The van der Waals surface area contributed by atoms with Crippen LogP contribution >= 0.6 is 11.6 Å². The van der Waals surface area contributed by atoms with E-state index < -0.39 is 0 Å². The Bertz CT molecular complexity index is 806. The lowest BCUT2D eigenvalue weighted by Crippen LogP contribution is -2.54. The van der Waals surface area contributed by atoms with Gasteiger partial charge in [0.15, 0.2) is 0 Å². The van der Waals surface area contributed by atoms with Crippen molar-refractivity contribution in [1.29, 1.82) is 0 Å². The highest BCUT2D eigenvalue weighted by atomic mass is 35.5. The van der Waals surface area contributed by atoms with E-state index in [1.807, 2.05) is 17.9 Å². The van der Waals surface area contributed by atoms with Crippen molar-refractivity contribution in [2.75, 3.05) is 49.1 Å². The van der Waals surface area contributed by atoms with E-state index in [9.17, 15) is 4.79 Å². The highest BCUT2D eigenvalue weighted by Gasteiger charge is 2.30. The molecule has 8 heteroatoms. The van der Waals surface area contributed by atoms with E-state index in [4.69, 9.17) is 16.3 Å². The van der Waals surface area contributed by atoms with Crippen LogP contribution < -0.4 is 14.5 Å². The zero-order valence-electron chi connectivity index (χ0n) is 14.6. The molecule has 2 amide bonds. The Labute approximate surface area is 157 Å². The van der Waals surface area contributed by atoms with Crippen molar-refractivity contribution in [3.63, 3.8) is 0 Å². The fourth-order valence-corrected chi connectivity index (χ4v) is 3.40. The number of nitrogens with zero attached hydrogens (tertiary/aromatic N) is 5. The number of halogens is 1. The van der Waals surface area contributed by atoms with Crippen molar-refractivity contribution < 1.29 is 9.53 Å². The Balaban J connectivity index is 1.44. The van der Waals surface area contributed by atoms with Crippen LogP contribution in [0, 0.1) is 6.92 Å². The van der Waals surface area contributed by atoms with E-state index >= 15 is 0 Å². The summed E-state index contributed by atoms with van der Waals surface area (Å²) in [5.74, 6) is 1.51. The lowest BCUT2D eigenvalue weighted by molar-refractivity contribution is 0.196. The molecule has 1 fully saturated rings. The quantitative estimate of drug-likeness (QED) is 0.768. The maximum absolute atomic E-state index is 13.0. The number of hydrogen-bond donors (Lipinski definition) is 0. The molecule has 1 aromatic heterocycles. The minimum atomic E-state index is 0.00603. The fourth-order valence-electron chi connectivity index (χ4n) is 3.24. The lowest BCUT2D eigenvalue weighted by atomic mass is 10.2. The van der Waals surface area contributed by atoms with Crippen molar-refractivity contribution in [3.8, 4) is 5.75 Å². The highest BCUT2D eigenvalue weighted by molar-refractivity contribution is 6.30. The molecule has 3 heterocycles. The summed E-state index contributed by atoms with van der Waals surface area (Å²) >= 11 is 6.03. The number of hydrogen-bond acceptors (Lipinski definition) is 5. The maximum Gasteiger partial charge on any atom is 0.324 e. The first kappa shape index (κ1) is 16.9. The second-order valence-electron chi connectivity index (χ2n) is 6.38. The molecule has 0 N–H and O–H groups in total. The molecule has 2 aliphatic heterocycles. The van der Waals surface area contributed by atoms with Gasteiger partial charge in [0.25, 0.3) is 0 Å². The minimum Gasteiger partial charge on any atom is -0.489 e. The van der Waals surface area contributed by atoms with Gasteiger partial charge in [-0.1, -0.05) is 11.6 Å². The molecule has 0 bridgehead atoms. The van der Waals surface area contributed by atoms with E-state index in [0.29, 0.717) is 37.0 Å². The third-order valence-electron chi connectivity index (χ3n) is 4.66. The molecule has 2 aliphatic rings. The zero-order valence-corrected chi connectivity index (χ0v) is 15.3. The third-order valence-corrected chi connectivity index (χ3v) is 4.89. The molecule has 136 valence electrons. The average Bonchev–Trinajstić information content (AvgIpc) is 2.67. The van der Waals surface area contributed by atoms with Gasteiger partial charge < -0.3 is 14.5 Å². The number of carbonyl (C=O) groups excluding carboxylic acids is 1. The topological polar surface area (TPSA) is 61.8 Å². The van der Waals surface area contributed by atoms with Crippen molar-refractivity contribution in [3.05, 3.63) is 41.3 Å². The molecule has 0 radical (unpaired) electrons. The Hall–Kier alpha value is -2.54. The van der Waals surface area contributed by atoms with Gasteiger partial charge in [0.2, 0.25) is 0 Å². The summed E-state index contributed by atoms with van der Waals surface area (Å²) < 4.78 is 5.64. The Morgan fingerprint density at radius 1 is 1.12 bits per heavy atom. The van der Waals surface area contributed by atoms with Crippen molar-refractivity contribution in [2.45, 2.75) is 6.92 Å². The molecule has 1 saturated heterocycles. The van der Waals surface area contributed by atoms with Gasteiger partial charge in [-0.25, -0.2) is 9.78 Å². The van der Waals surface area contributed by atoms with Crippen LogP contribution in [0.4, 0.5) is 16.3 Å². The Morgan fingerprint density at radius 2 is 1.92 bits per heavy atom. The molecule has 7 nitrogen and oxygen atoms in total. The number of anilines is 2. The summed E-state index contributed by atoms with van der Waals surface area (Å²) in [6, 6.07) is 5.38. The van der Waals surface area contributed by atoms with Crippen LogP contribution in [0.15, 0.2) is 30.6 Å². The number of urea groups is 1. The fraction of sp³-hybridized carbons (Fsp3) is 0.389. The van der Waals surface area contributed by atoms with Gasteiger partial charge >= 0.3 is 6.03 Å². The number of carbonyl (C=O) groups is 1. The first-order valence-corrected chi connectivity index (χ1v) is 9.02. The van der Waals surface area contributed by atoms with Crippen molar-refractivity contribution >= 4 is 29.1 Å². The number of piperazine rings is 1. The number of amides is 2. The van der Waals surface area contributed by atoms with Crippen LogP contribution in [-0.2, 0) is 0 Å². The third kappa shape index (κ3) is 3.26. The van der Waals surface area contributed by atoms with Crippen molar-refractivity contribution in [1.82, 2.24) is 14.9 Å². The van der Waals surface area contributed by atoms with E-state index in [0.717, 1.165) is 30.3 Å². The minimum absolute atomic E-state index is 0.00603. The molecule has 1 aromatic carbocycles. The molecule has 0 saturated carbocycles. The number of aryl methyl sites for hydroxylation is 1. The molecule has 0 unspecified atom stereocenters. The summed E-state index contributed by atoms with van der Waals surface area (Å²) in [5, 5.41) is 0.603. The summed E-state index contributed by atoms with van der Waals surface area (Å²) in [7, 11) is 0. The van der Waals surface area contributed by atoms with E-state index in [1.54, 1.807) is 29.4 Å². The predicted octanol–water partition coefficient (Wildman–Crippen LogP) is 2.58. The number of benzene rings is 1. The first-order valence-electron chi connectivity index (χ1n) is 8.64.